The van der Waals surface area contributed by atoms with Gasteiger partial charge in [0.15, 0.2) is 17.0 Å². The van der Waals surface area contributed by atoms with Crippen molar-refractivity contribution in [2.45, 2.75) is 25.0 Å². The second kappa shape index (κ2) is 7.09. The van der Waals surface area contributed by atoms with E-state index in [2.05, 4.69) is 20.1 Å². The predicted octanol–water partition coefficient (Wildman–Crippen LogP) is 2.46. The summed E-state index contributed by atoms with van der Waals surface area (Å²) in [6.07, 6.45) is 2.15. The first-order valence-electron chi connectivity index (χ1n) is 9.52. The minimum Gasteiger partial charge on any atom is -0.373 e. The molecule has 1 aromatic carbocycles. The van der Waals surface area contributed by atoms with Crippen molar-refractivity contribution in [3.05, 3.63) is 69.6 Å². The third kappa shape index (κ3) is 3.32. The summed E-state index contributed by atoms with van der Waals surface area (Å²) >= 11 is 5.94. The molecule has 0 bridgehead atoms. The Morgan fingerprint density at radius 3 is 2.90 bits per heavy atom. The van der Waals surface area contributed by atoms with Crippen LogP contribution in [-0.4, -0.2) is 35.8 Å². The number of aryl methyl sites for hydroxylation is 1. The van der Waals surface area contributed by atoms with Crippen LogP contribution in [0.3, 0.4) is 0 Å². The van der Waals surface area contributed by atoms with Crippen molar-refractivity contribution in [1.82, 2.24) is 29.2 Å². The van der Waals surface area contributed by atoms with Gasteiger partial charge in [-0.2, -0.15) is 4.98 Å². The van der Waals surface area contributed by atoms with Crippen LogP contribution in [0.4, 0.5) is 0 Å². The minimum atomic E-state index is -1.19. The third-order valence-electron chi connectivity index (χ3n) is 4.91. The highest BCUT2D eigenvalue weighted by Crippen LogP contribution is 2.37. The summed E-state index contributed by atoms with van der Waals surface area (Å²) in [5, 5.41) is 4.65. The van der Waals surface area contributed by atoms with E-state index in [1.54, 1.807) is 42.2 Å². The van der Waals surface area contributed by atoms with Crippen molar-refractivity contribution in [1.29, 1.82) is 0 Å². The molecule has 3 aromatic heterocycles. The highest BCUT2D eigenvalue weighted by atomic mass is 35.5. The van der Waals surface area contributed by atoms with E-state index in [1.165, 1.54) is 10.9 Å². The summed E-state index contributed by atoms with van der Waals surface area (Å²) in [6.45, 7) is 0.393. The molecular weight excluding hydrogens is 396 g/mol. The first-order valence-corrected chi connectivity index (χ1v) is 9.40. The Bertz CT molecular complexity index is 1280. The fourth-order valence-corrected chi connectivity index (χ4v) is 3.50. The molecule has 0 spiro atoms. The molecule has 1 saturated heterocycles. The molecule has 5 rings (SSSR count). The number of nitrogens with zero attached hydrogens (tertiary/aromatic N) is 6. The Morgan fingerprint density at radius 1 is 1.28 bits per heavy atom. The minimum absolute atomic E-state index is 0.0940. The topological polar surface area (TPSA) is 101 Å². The van der Waals surface area contributed by atoms with Crippen LogP contribution >= 0.6 is 11.6 Å². The molecule has 1 aliphatic heterocycles. The summed E-state index contributed by atoms with van der Waals surface area (Å²) in [5.74, 6) is 0.546. The van der Waals surface area contributed by atoms with Crippen molar-refractivity contribution in [2.75, 3.05) is 6.61 Å². The van der Waals surface area contributed by atoms with Gasteiger partial charge in [0.25, 0.3) is 5.56 Å². The SMILES string of the molecule is [2H][C@]1(c2ccc(Cl)cc2)C[C@H](c2noc(Cn3cnc4ncn(C)c4c3=O)n2)CO1. The van der Waals surface area contributed by atoms with Crippen molar-refractivity contribution in [3.8, 4) is 0 Å². The number of ether oxygens (including phenoxy) is 1. The number of rotatable bonds is 4. The van der Waals surface area contributed by atoms with Crippen molar-refractivity contribution < 1.29 is 10.6 Å². The van der Waals surface area contributed by atoms with E-state index in [9.17, 15) is 4.79 Å². The molecule has 0 radical (unpaired) electrons. The quantitative estimate of drug-likeness (QED) is 0.506. The Morgan fingerprint density at radius 2 is 2.07 bits per heavy atom. The van der Waals surface area contributed by atoms with Gasteiger partial charge in [0, 0.05) is 18.0 Å². The van der Waals surface area contributed by atoms with Gasteiger partial charge in [0.05, 0.1) is 20.4 Å². The molecule has 2 atom stereocenters. The van der Waals surface area contributed by atoms with Gasteiger partial charge in [0.1, 0.15) is 12.9 Å². The monoisotopic (exact) mass is 413 g/mol. The first-order chi connectivity index (χ1) is 14.4. The maximum atomic E-state index is 12.7. The Hall–Kier alpha value is -3.04. The fraction of sp³-hybridized carbons (Fsp3) is 0.316. The van der Waals surface area contributed by atoms with Crippen LogP contribution in [0.2, 0.25) is 5.02 Å². The molecule has 1 aliphatic rings. The zero-order chi connectivity index (χ0) is 20.9. The number of hydrogen-bond donors (Lipinski definition) is 0. The number of fused-ring (bicyclic) bond motifs is 1. The highest BCUT2D eigenvalue weighted by molar-refractivity contribution is 6.30. The van der Waals surface area contributed by atoms with Crippen LogP contribution in [-0.2, 0) is 18.3 Å². The largest absolute Gasteiger partial charge is 0.373 e. The second-order valence-electron chi connectivity index (χ2n) is 6.89. The molecule has 10 heteroatoms. The van der Waals surface area contributed by atoms with Crippen molar-refractivity contribution >= 4 is 22.8 Å². The van der Waals surface area contributed by atoms with Gasteiger partial charge in [-0.25, -0.2) is 9.97 Å². The van der Waals surface area contributed by atoms with E-state index in [0.29, 0.717) is 35.0 Å². The smallest absolute Gasteiger partial charge is 0.280 e. The average Bonchev–Trinajstić information content (AvgIpc) is 3.44. The summed E-state index contributed by atoms with van der Waals surface area (Å²) in [5.41, 5.74) is 1.28. The van der Waals surface area contributed by atoms with Gasteiger partial charge < -0.3 is 13.8 Å². The lowest BCUT2D eigenvalue weighted by Gasteiger charge is -2.09. The van der Waals surface area contributed by atoms with E-state index >= 15 is 0 Å². The molecule has 0 amide bonds. The molecule has 29 heavy (non-hydrogen) atoms. The predicted molar refractivity (Wildman–Crippen MR) is 104 cm³/mol. The molecule has 9 nitrogen and oxygen atoms in total. The summed E-state index contributed by atoms with van der Waals surface area (Å²) in [6, 6.07) is 7.04. The summed E-state index contributed by atoms with van der Waals surface area (Å²) in [7, 11) is 1.74. The van der Waals surface area contributed by atoms with Crippen LogP contribution < -0.4 is 5.56 Å². The normalized spacial score (nSPS) is 22.3. The van der Waals surface area contributed by atoms with Gasteiger partial charge in [-0.15, -0.1) is 0 Å². The van der Waals surface area contributed by atoms with E-state index < -0.39 is 6.08 Å². The number of imidazole rings is 1. The van der Waals surface area contributed by atoms with E-state index in [0.717, 1.165) is 5.56 Å². The van der Waals surface area contributed by atoms with Crippen molar-refractivity contribution in [2.24, 2.45) is 7.05 Å². The molecule has 0 aliphatic carbocycles. The van der Waals surface area contributed by atoms with E-state index in [4.69, 9.17) is 22.2 Å². The maximum absolute atomic E-state index is 12.7. The summed E-state index contributed by atoms with van der Waals surface area (Å²) < 4.78 is 22.8. The molecular formula is C19H17ClN6O3. The van der Waals surface area contributed by atoms with Crippen LogP contribution in [0.1, 0.15) is 37.1 Å². The van der Waals surface area contributed by atoms with Gasteiger partial charge in [-0.1, -0.05) is 28.9 Å². The molecule has 1 fully saturated rings. The Kier molecular flexibility index (Phi) is 4.12. The molecule has 4 aromatic rings. The molecule has 4 heterocycles. The summed E-state index contributed by atoms with van der Waals surface area (Å²) in [4.78, 5) is 25.3. The first kappa shape index (κ1) is 16.9. The highest BCUT2D eigenvalue weighted by Gasteiger charge is 2.31. The molecule has 0 N–H and O–H groups in total. The lowest BCUT2D eigenvalue weighted by molar-refractivity contribution is 0.110. The maximum Gasteiger partial charge on any atom is 0.280 e. The van der Waals surface area contributed by atoms with Gasteiger partial charge in [-0.05, 0) is 24.1 Å². The molecule has 0 saturated carbocycles. The van der Waals surface area contributed by atoms with Gasteiger partial charge >= 0.3 is 0 Å². The zero-order valence-electron chi connectivity index (χ0n) is 16.4. The lowest BCUT2D eigenvalue weighted by Crippen LogP contribution is -2.22. The molecule has 0 unspecified atom stereocenters. The van der Waals surface area contributed by atoms with Crippen LogP contribution in [0.15, 0.2) is 46.2 Å². The van der Waals surface area contributed by atoms with E-state index in [-0.39, 0.29) is 23.9 Å². The number of halogens is 1. The standard InChI is InChI=1S/C19H17ClN6O3/c1-25-9-21-18-16(25)19(27)26(10-22-18)7-15-23-17(24-29-15)12-6-14(28-8-12)11-2-4-13(20)5-3-11/h2-5,9-10,12,14H,6-8H2,1H3/t12-,14+/m0/s1/i14D. The van der Waals surface area contributed by atoms with Crippen LogP contribution in [0, 0.1) is 0 Å². The molecule has 148 valence electrons. The number of hydrogen-bond acceptors (Lipinski definition) is 7. The lowest BCUT2D eigenvalue weighted by atomic mass is 10.0. The Labute approximate surface area is 171 Å². The van der Waals surface area contributed by atoms with Gasteiger partial charge in [0.2, 0.25) is 5.89 Å². The van der Waals surface area contributed by atoms with Crippen LogP contribution in [0.5, 0.6) is 0 Å². The number of benzene rings is 1. The Balaban J connectivity index is 1.35. The third-order valence-corrected chi connectivity index (χ3v) is 5.16. The second-order valence-corrected chi connectivity index (χ2v) is 7.33. The van der Waals surface area contributed by atoms with Crippen molar-refractivity contribution in [3.63, 3.8) is 0 Å². The fourth-order valence-electron chi connectivity index (χ4n) is 3.37. The van der Waals surface area contributed by atoms with Crippen LogP contribution in [0.25, 0.3) is 11.2 Å². The zero-order valence-corrected chi connectivity index (χ0v) is 16.2. The van der Waals surface area contributed by atoms with Gasteiger partial charge in [-0.3, -0.25) is 9.36 Å². The number of aromatic nitrogens is 6. The van der Waals surface area contributed by atoms with E-state index in [1.807, 2.05) is 0 Å². The average molecular weight is 414 g/mol.